The molecular weight excluding hydrogens is 288 g/mol. The molecule has 1 amide bonds. The van der Waals surface area contributed by atoms with E-state index >= 15 is 0 Å². The van der Waals surface area contributed by atoms with Crippen LogP contribution in [0.15, 0.2) is 23.1 Å². The van der Waals surface area contributed by atoms with Crippen LogP contribution in [0.1, 0.15) is 33.3 Å². The Morgan fingerprint density at radius 2 is 1.71 bits per heavy atom. The summed E-state index contributed by atoms with van der Waals surface area (Å²) in [6, 6.07) is 4.48. The first-order valence-corrected chi connectivity index (χ1v) is 8.38. The average Bonchev–Trinajstić information content (AvgIpc) is 2.70. The second-order valence-electron chi connectivity index (χ2n) is 6.89. The molecule has 2 rings (SSSR count). The molecule has 1 aliphatic rings. The average molecular weight is 310 g/mol. The van der Waals surface area contributed by atoms with Crippen molar-refractivity contribution in [2.45, 2.75) is 39.5 Å². The highest BCUT2D eigenvalue weighted by Crippen LogP contribution is 2.68. The van der Waals surface area contributed by atoms with Gasteiger partial charge in [0.2, 0.25) is 15.9 Å². The van der Waals surface area contributed by atoms with E-state index in [1.807, 2.05) is 6.92 Å². The molecule has 1 saturated carbocycles. The first-order valence-electron chi connectivity index (χ1n) is 6.83. The summed E-state index contributed by atoms with van der Waals surface area (Å²) in [5.74, 6) is -0.179. The van der Waals surface area contributed by atoms with Gasteiger partial charge in [0.1, 0.15) is 0 Å². The molecule has 0 spiro atoms. The highest BCUT2D eigenvalue weighted by molar-refractivity contribution is 7.89. The van der Waals surface area contributed by atoms with Crippen molar-refractivity contribution in [2.75, 3.05) is 5.32 Å². The lowest BCUT2D eigenvalue weighted by atomic mass is 10.0. The van der Waals surface area contributed by atoms with Gasteiger partial charge in [0.15, 0.2) is 0 Å². The van der Waals surface area contributed by atoms with E-state index in [1.54, 1.807) is 6.07 Å². The predicted octanol–water partition coefficient (Wildman–Crippen LogP) is 2.26. The Hall–Kier alpha value is -1.40. The molecule has 0 unspecified atom stereocenters. The van der Waals surface area contributed by atoms with Gasteiger partial charge >= 0.3 is 0 Å². The molecule has 0 saturated heterocycles. The summed E-state index contributed by atoms with van der Waals surface area (Å²) in [4.78, 5) is 12.4. The number of hydrogen-bond acceptors (Lipinski definition) is 3. The number of hydrogen-bond donors (Lipinski definition) is 2. The number of carbonyl (C=O) groups is 1. The van der Waals surface area contributed by atoms with Gasteiger partial charge in [0.25, 0.3) is 0 Å². The zero-order chi connectivity index (χ0) is 16.2. The van der Waals surface area contributed by atoms with Gasteiger partial charge in [-0.2, -0.15) is 0 Å². The Balaban J connectivity index is 2.27. The molecule has 3 N–H and O–H groups in total. The quantitative estimate of drug-likeness (QED) is 0.897. The van der Waals surface area contributed by atoms with Gasteiger partial charge in [-0.1, -0.05) is 33.8 Å². The van der Waals surface area contributed by atoms with Crippen LogP contribution in [0.5, 0.6) is 0 Å². The SMILES string of the molecule is Cc1ccc(S(N)(=O)=O)cc1NC(=O)C1C(C)(C)C1(C)C. The van der Waals surface area contributed by atoms with E-state index in [0.717, 1.165) is 5.56 Å². The van der Waals surface area contributed by atoms with Crippen molar-refractivity contribution < 1.29 is 13.2 Å². The predicted molar refractivity (Wildman–Crippen MR) is 82.2 cm³/mol. The summed E-state index contributed by atoms with van der Waals surface area (Å²) < 4.78 is 22.8. The van der Waals surface area contributed by atoms with Gasteiger partial charge in [-0.05, 0) is 35.4 Å². The normalized spacial score (nSPS) is 20.1. The first kappa shape index (κ1) is 16.0. The van der Waals surface area contributed by atoms with Crippen LogP contribution in [-0.4, -0.2) is 14.3 Å². The number of nitrogens with two attached hydrogens (primary N) is 1. The Bertz CT molecular complexity index is 692. The Kier molecular flexibility index (Phi) is 3.46. The molecule has 116 valence electrons. The second kappa shape index (κ2) is 4.55. The fourth-order valence-electron chi connectivity index (χ4n) is 2.97. The van der Waals surface area contributed by atoms with Gasteiger partial charge in [-0.15, -0.1) is 0 Å². The summed E-state index contributed by atoms with van der Waals surface area (Å²) in [5.41, 5.74) is 1.16. The van der Waals surface area contributed by atoms with Gasteiger partial charge in [0, 0.05) is 11.6 Å². The molecule has 0 radical (unpaired) electrons. The maximum Gasteiger partial charge on any atom is 0.238 e. The standard InChI is InChI=1S/C15H22N2O3S/c1-9-6-7-10(21(16,19)20)8-11(9)17-13(18)12-14(2,3)15(12,4)5/h6-8,12H,1-5H3,(H,17,18)(H2,16,19,20). The highest BCUT2D eigenvalue weighted by Gasteiger charge is 2.68. The maximum atomic E-state index is 12.4. The maximum absolute atomic E-state index is 12.4. The van der Waals surface area contributed by atoms with E-state index in [0.29, 0.717) is 5.69 Å². The summed E-state index contributed by atoms with van der Waals surface area (Å²) in [6.45, 7) is 10.1. The molecule has 0 bridgehead atoms. The highest BCUT2D eigenvalue weighted by atomic mass is 32.2. The summed E-state index contributed by atoms with van der Waals surface area (Å²) in [5, 5.41) is 7.96. The Labute approximate surface area is 126 Å². The lowest BCUT2D eigenvalue weighted by Gasteiger charge is -2.11. The van der Waals surface area contributed by atoms with Gasteiger partial charge in [0.05, 0.1) is 4.90 Å². The second-order valence-corrected chi connectivity index (χ2v) is 8.45. The molecule has 1 aromatic rings. The Morgan fingerprint density at radius 3 is 2.14 bits per heavy atom. The molecule has 0 atom stereocenters. The van der Waals surface area contributed by atoms with E-state index in [-0.39, 0.29) is 27.6 Å². The number of sulfonamides is 1. The van der Waals surface area contributed by atoms with Gasteiger partial charge in [-0.25, -0.2) is 13.6 Å². The largest absolute Gasteiger partial charge is 0.326 e. The third-order valence-electron chi connectivity index (χ3n) is 5.08. The van der Waals surface area contributed by atoms with Crippen molar-refractivity contribution in [3.63, 3.8) is 0 Å². The molecule has 1 aromatic carbocycles. The number of anilines is 1. The molecule has 5 nitrogen and oxygen atoms in total. The van der Waals surface area contributed by atoms with Crippen LogP contribution in [0.3, 0.4) is 0 Å². The molecular formula is C15H22N2O3S. The summed E-state index contributed by atoms with van der Waals surface area (Å²) >= 11 is 0. The van der Waals surface area contributed by atoms with Crippen LogP contribution < -0.4 is 10.5 Å². The Morgan fingerprint density at radius 1 is 1.19 bits per heavy atom. The van der Waals surface area contributed by atoms with Crippen LogP contribution >= 0.6 is 0 Å². The zero-order valence-electron chi connectivity index (χ0n) is 13.0. The number of aryl methyl sites for hydroxylation is 1. The van der Waals surface area contributed by atoms with Crippen molar-refractivity contribution in [1.82, 2.24) is 0 Å². The number of nitrogens with one attached hydrogen (secondary N) is 1. The minimum Gasteiger partial charge on any atom is -0.326 e. The van der Waals surface area contributed by atoms with E-state index in [1.165, 1.54) is 12.1 Å². The van der Waals surface area contributed by atoms with Crippen molar-refractivity contribution in [3.8, 4) is 0 Å². The van der Waals surface area contributed by atoms with Crippen LogP contribution in [0.4, 0.5) is 5.69 Å². The molecule has 0 heterocycles. The topological polar surface area (TPSA) is 89.3 Å². The van der Waals surface area contributed by atoms with Crippen LogP contribution in [0.2, 0.25) is 0 Å². The number of benzene rings is 1. The molecule has 0 aliphatic heterocycles. The van der Waals surface area contributed by atoms with E-state index in [4.69, 9.17) is 5.14 Å². The monoisotopic (exact) mass is 310 g/mol. The lowest BCUT2D eigenvalue weighted by Crippen LogP contribution is -2.19. The van der Waals surface area contributed by atoms with Crippen molar-refractivity contribution >= 4 is 21.6 Å². The molecule has 0 aromatic heterocycles. The van der Waals surface area contributed by atoms with E-state index < -0.39 is 10.0 Å². The first-order chi connectivity index (χ1) is 9.39. The van der Waals surface area contributed by atoms with Crippen LogP contribution in [0.25, 0.3) is 0 Å². The fraction of sp³-hybridized carbons (Fsp3) is 0.533. The smallest absolute Gasteiger partial charge is 0.238 e. The minimum atomic E-state index is -3.78. The van der Waals surface area contributed by atoms with E-state index in [9.17, 15) is 13.2 Å². The number of rotatable bonds is 3. The lowest BCUT2D eigenvalue weighted by molar-refractivity contribution is -0.118. The number of amides is 1. The van der Waals surface area contributed by atoms with Crippen LogP contribution in [0, 0.1) is 23.7 Å². The zero-order valence-corrected chi connectivity index (χ0v) is 13.8. The number of carbonyl (C=O) groups excluding carboxylic acids is 1. The fourth-order valence-corrected chi connectivity index (χ4v) is 3.51. The molecule has 6 heteroatoms. The number of primary sulfonamides is 1. The third kappa shape index (κ3) is 2.58. The summed E-state index contributed by atoms with van der Waals surface area (Å²) in [7, 11) is -3.78. The third-order valence-corrected chi connectivity index (χ3v) is 5.99. The molecule has 21 heavy (non-hydrogen) atoms. The van der Waals surface area contributed by atoms with Crippen molar-refractivity contribution in [2.24, 2.45) is 21.9 Å². The van der Waals surface area contributed by atoms with Gasteiger partial charge in [-0.3, -0.25) is 4.79 Å². The van der Waals surface area contributed by atoms with Crippen molar-refractivity contribution in [1.29, 1.82) is 0 Å². The molecule has 1 aliphatic carbocycles. The minimum absolute atomic E-state index is 0.00211. The van der Waals surface area contributed by atoms with Crippen molar-refractivity contribution in [3.05, 3.63) is 23.8 Å². The summed E-state index contributed by atoms with van der Waals surface area (Å²) in [6.07, 6.45) is 0. The van der Waals surface area contributed by atoms with E-state index in [2.05, 4.69) is 33.0 Å². The van der Waals surface area contributed by atoms with Crippen LogP contribution in [-0.2, 0) is 14.8 Å². The van der Waals surface area contributed by atoms with Gasteiger partial charge < -0.3 is 5.32 Å². The molecule has 1 fully saturated rings.